The van der Waals surface area contributed by atoms with Crippen molar-refractivity contribution in [2.75, 3.05) is 52.4 Å². The van der Waals surface area contributed by atoms with Crippen LogP contribution in [-0.4, -0.2) is 62.2 Å². The standard InChI is InChI=1S/C19H22BrN3O.C18H19BrClN3O/c1-13-2-5-17-14(10-13)3-4-15-11-16(20)12-23(24)18(15)19(17)22-8-6-21-7-9-22;19-14-9-13-2-1-12-10-15(20)3-4-16(12)18(17(13)23(24)11-14)22-7-5-21-6-8-22/h2,5,10-12,19,21H,3-4,6-9H2,1H3;3-4,9-11,18,21H,1-2,5-8H2/t19-;18-/m10/s1. The summed E-state index contributed by atoms with van der Waals surface area (Å²) in [7, 11) is 0. The Balaban J connectivity index is 0.000000152. The van der Waals surface area contributed by atoms with Gasteiger partial charge in [-0.15, -0.1) is 0 Å². The van der Waals surface area contributed by atoms with Gasteiger partial charge in [0.2, 0.25) is 11.4 Å². The van der Waals surface area contributed by atoms with Crippen molar-refractivity contribution in [3.05, 3.63) is 136 Å². The normalized spacial score (nSPS) is 21.0. The summed E-state index contributed by atoms with van der Waals surface area (Å²) in [4.78, 5) is 4.87. The second kappa shape index (κ2) is 14.7. The van der Waals surface area contributed by atoms with Gasteiger partial charge in [-0.1, -0.05) is 41.4 Å². The van der Waals surface area contributed by atoms with Crippen LogP contribution >= 0.6 is 43.5 Å². The number of hydrogen-bond donors (Lipinski definition) is 2. The van der Waals surface area contributed by atoms with Crippen LogP contribution in [0.1, 0.15) is 62.4 Å². The van der Waals surface area contributed by atoms with E-state index in [1.165, 1.54) is 27.8 Å². The lowest BCUT2D eigenvalue weighted by atomic mass is 9.95. The Morgan fingerprint density at radius 1 is 0.646 bits per heavy atom. The number of rotatable bonds is 2. The zero-order chi connectivity index (χ0) is 33.4. The molecule has 8 nitrogen and oxygen atoms in total. The summed E-state index contributed by atoms with van der Waals surface area (Å²) < 4.78 is 3.83. The summed E-state index contributed by atoms with van der Waals surface area (Å²) in [6.07, 6.45) is 6.93. The molecule has 2 aromatic heterocycles. The lowest BCUT2D eigenvalue weighted by molar-refractivity contribution is -0.617. The molecule has 48 heavy (non-hydrogen) atoms. The average molecular weight is 797 g/mol. The number of hydrogen-bond acceptors (Lipinski definition) is 6. The largest absolute Gasteiger partial charge is 0.618 e. The summed E-state index contributed by atoms with van der Waals surface area (Å²) in [6, 6.07) is 17.0. The van der Waals surface area contributed by atoms with Crippen molar-refractivity contribution in [1.29, 1.82) is 0 Å². The van der Waals surface area contributed by atoms with Crippen LogP contribution in [0.4, 0.5) is 0 Å². The number of halogens is 3. The first-order valence-electron chi connectivity index (χ1n) is 16.9. The highest BCUT2D eigenvalue weighted by Crippen LogP contribution is 2.38. The van der Waals surface area contributed by atoms with E-state index in [2.05, 4.69) is 102 Å². The van der Waals surface area contributed by atoms with Crippen LogP contribution in [0.5, 0.6) is 0 Å². The SMILES string of the molecule is Cc1ccc2c(c1)CCc1cc(Br)c[n+]([O-])c1[C@@H]2N1CCNCC1.[O-][n+]1cc(Br)cc2c1[C@@H](N1CCNCC1)c1ccc(Cl)cc1CC2. The molecule has 2 N–H and O–H groups in total. The molecule has 252 valence electrons. The van der Waals surface area contributed by atoms with E-state index < -0.39 is 0 Å². The molecule has 0 radical (unpaired) electrons. The smallest absolute Gasteiger partial charge is 0.217 e. The van der Waals surface area contributed by atoms with E-state index in [0.717, 1.165) is 124 Å². The second-order valence-electron chi connectivity index (χ2n) is 13.2. The van der Waals surface area contributed by atoms with E-state index in [1.807, 2.05) is 6.07 Å². The van der Waals surface area contributed by atoms with E-state index in [9.17, 15) is 10.4 Å². The summed E-state index contributed by atoms with van der Waals surface area (Å²) in [6.45, 7) is 9.78. The first-order chi connectivity index (χ1) is 23.3. The van der Waals surface area contributed by atoms with Gasteiger partial charge in [0.05, 0.1) is 8.95 Å². The Morgan fingerprint density at radius 3 is 1.58 bits per heavy atom. The van der Waals surface area contributed by atoms with Gasteiger partial charge in [0.1, 0.15) is 12.1 Å². The molecule has 0 unspecified atom stereocenters. The number of pyridine rings is 2. The highest BCUT2D eigenvalue weighted by Gasteiger charge is 2.37. The highest BCUT2D eigenvalue weighted by molar-refractivity contribution is 9.10. The molecule has 2 fully saturated rings. The van der Waals surface area contributed by atoms with Gasteiger partial charge < -0.3 is 21.0 Å². The van der Waals surface area contributed by atoms with E-state index in [1.54, 1.807) is 12.4 Å². The summed E-state index contributed by atoms with van der Waals surface area (Å²) in [5, 5.41) is 33.2. The number of nitrogens with one attached hydrogen (secondary N) is 2. The number of fused-ring (bicyclic) bond motifs is 4. The quantitative estimate of drug-likeness (QED) is 0.212. The lowest BCUT2D eigenvalue weighted by Crippen LogP contribution is -2.48. The minimum Gasteiger partial charge on any atom is -0.618 e. The van der Waals surface area contributed by atoms with Crippen molar-refractivity contribution in [2.24, 2.45) is 0 Å². The second-order valence-corrected chi connectivity index (χ2v) is 15.5. The fourth-order valence-corrected chi connectivity index (χ4v) is 9.04. The predicted octanol–water partition coefficient (Wildman–Crippen LogP) is 5.31. The molecule has 4 aliphatic rings. The van der Waals surface area contributed by atoms with Crippen LogP contribution < -0.4 is 20.1 Å². The number of benzene rings is 2. The molecule has 0 saturated carbocycles. The van der Waals surface area contributed by atoms with Gasteiger partial charge in [-0.2, -0.15) is 9.46 Å². The fourth-order valence-electron chi connectivity index (χ4n) is 7.92. The monoisotopic (exact) mass is 794 g/mol. The Labute approximate surface area is 304 Å². The van der Waals surface area contributed by atoms with E-state index in [-0.39, 0.29) is 12.1 Å². The van der Waals surface area contributed by atoms with Gasteiger partial charge in [0, 0.05) is 68.5 Å². The summed E-state index contributed by atoms with van der Waals surface area (Å²) in [5.74, 6) is 0. The first kappa shape index (κ1) is 33.9. The number of piperazine rings is 2. The maximum atomic E-state index is 12.8. The van der Waals surface area contributed by atoms with Crippen LogP contribution in [0.15, 0.2) is 69.9 Å². The molecule has 2 aliphatic carbocycles. The topological polar surface area (TPSA) is 84.4 Å². The number of nitrogens with zero attached hydrogens (tertiary/aromatic N) is 4. The number of aromatic nitrogens is 2. The molecule has 2 saturated heterocycles. The molecule has 2 aromatic carbocycles. The fraction of sp³-hybridized carbons (Fsp3) is 0.405. The minimum absolute atomic E-state index is 0.0116. The molecule has 8 rings (SSSR count). The van der Waals surface area contributed by atoms with Crippen LogP contribution in [0.25, 0.3) is 0 Å². The molecule has 11 heteroatoms. The van der Waals surface area contributed by atoms with Crippen LogP contribution in [0.2, 0.25) is 5.02 Å². The molecule has 2 atom stereocenters. The van der Waals surface area contributed by atoms with Crippen LogP contribution in [-0.2, 0) is 25.7 Å². The van der Waals surface area contributed by atoms with Crippen molar-refractivity contribution in [1.82, 2.24) is 20.4 Å². The molecule has 0 spiro atoms. The first-order valence-corrected chi connectivity index (χ1v) is 18.8. The predicted molar refractivity (Wildman–Crippen MR) is 196 cm³/mol. The number of aryl methyl sites for hydroxylation is 5. The van der Waals surface area contributed by atoms with Crippen molar-refractivity contribution in [2.45, 2.75) is 44.7 Å². The van der Waals surface area contributed by atoms with Crippen molar-refractivity contribution >= 4 is 43.5 Å². The van der Waals surface area contributed by atoms with Gasteiger partial charge in [0.25, 0.3) is 0 Å². The average Bonchev–Trinajstić information content (AvgIpc) is 3.34. The van der Waals surface area contributed by atoms with Gasteiger partial charge in [-0.3, -0.25) is 9.80 Å². The Morgan fingerprint density at radius 2 is 1.08 bits per heavy atom. The van der Waals surface area contributed by atoms with Crippen molar-refractivity contribution in [3.8, 4) is 0 Å². The molecule has 0 amide bonds. The van der Waals surface area contributed by atoms with Gasteiger partial charge in [-0.25, -0.2) is 0 Å². The maximum absolute atomic E-state index is 12.8. The van der Waals surface area contributed by atoms with Gasteiger partial charge >= 0.3 is 0 Å². The molecular weight excluding hydrogens is 756 g/mol. The molecule has 4 aromatic rings. The zero-order valence-electron chi connectivity index (χ0n) is 27.2. The molecule has 2 aliphatic heterocycles. The third-order valence-corrected chi connectivity index (χ3v) is 11.2. The molecule has 4 heterocycles. The van der Waals surface area contributed by atoms with Crippen molar-refractivity contribution in [3.63, 3.8) is 0 Å². The summed E-state index contributed by atoms with van der Waals surface area (Å²) >= 11 is 13.2. The third-order valence-electron chi connectivity index (χ3n) is 10.1. The highest BCUT2D eigenvalue weighted by atomic mass is 79.9. The maximum Gasteiger partial charge on any atom is 0.217 e. The van der Waals surface area contributed by atoms with Gasteiger partial charge in [-0.05, 0) is 111 Å². The molecular formula is C37H41Br2ClN6O2. The van der Waals surface area contributed by atoms with Crippen LogP contribution in [0.3, 0.4) is 0 Å². The van der Waals surface area contributed by atoms with Crippen LogP contribution in [0, 0.1) is 17.3 Å². The summed E-state index contributed by atoms with van der Waals surface area (Å²) in [5.41, 5.74) is 10.5. The van der Waals surface area contributed by atoms with E-state index >= 15 is 0 Å². The van der Waals surface area contributed by atoms with E-state index in [0.29, 0.717) is 0 Å². The minimum atomic E-state index is -0.0116. The van der Waals surface area contributed by atoms with Crippen molar-refractivity contribution < 1.29 is 9.46 Å². The van der Waals surface area contributed by atoms with Gasteiger partial charge in [0.15, 0.2) is 12.4 Å². The van der Waals surface area contributed by atoms with E-state index in [4.69, 9.17) is 11.6 Å². The third kappa shape index (κ3) is 7.03. The Hall–Kier alpha value is -2.57. The molecule has 0 bridgehead atoms. The zero-order valence-corrected chi connectivity index (χ0v) is 31.1. The Kier molecular flexibility index (Phi) is 10.4. The lowest BCUT2D eigenvalue weighted by Gasteiger charge is -2.34. The Bertz CT molecular complexity index is 1680.